The van der Waals surface area contributed by atoms with Crippen molar-refractivity contribution in [1.29, 1.82) is 0 Å². The third-order valence-electron chi connectivity index (χ3n) is 13.2. The number of aromatic nitrogens is 1. The van der Waals surface area contributed by atoms with Gasteiger partial charge in [-0.3, -0.25) is 0 Å². The molecule has 0 saturated carbocycles. The highest BCUT2D eigenvalue weighted by Crippen LogP contribution is 2.65. The normalized spacial score (nSPS) is 14.1. The van der Waals surface area contributed by atoms with Gasteiger partial charge < -0.3 is 13.9 Å². The second-order valence-corrected chi connectivity index (χ2v) is 16.7. The first-order chi connectivity index (χ1) is 29.5. The van der Waals surface area contributed by atoms with Gasteiger partial charge in [0, 0.05) is 44.2 Å². The molecule has 0 fully saturated rings. The van der Waals surface area contributed by atoms with Crippen LogP contribution in [0.25, 0.3) is 66.0 Å². The molecule has 0 aliphatic heterocycles. The summed E-state index contributed by atoms with van der Waals surface area (Å²) in [6.07, 6.45) is 6.94. The molecule has 3 nitrogen and oxygen atoms in total. The summed E-state index contributed by atoms with van der Waals surface area (Å²) in [6.45, 7) is 6.87. The second-order valence-electron chi connectivity index (χ2n) is 16.7. The number of benzene rings is 8. The van der Waals surface area contributed by atoms with E-state index in [9.17, 15) is 0 Å². The molecule has 1 spiro atoms. The van der Waals surface area contributed by atoms with Gasteiger partial charge in [0.25, 0.3) is 0 Å². The van der Waals surface area contributed by atoms with E-state index in [0.717, 1.165) is 39.0 Å². The number of furan rings is 1. The summed E-state index contributed by atoms with van der Waals surface area (Å²) in [6, 6.07) is 66.4. The molecule has 60 heavy (non-hydrogen) atoms. The summed E-state index contributed by atoms with van der Waals surface area (Å²) >= 11 is 0. The molecule has 0 atom stereocenters. The molecule has 2 aliphatic carbocycles. The van der Waals surface area contributed by atoms with Crippen molar-refractivity contribution in [1.82, 2.24) is 4.57 Å². The first-order valence-electron chi connectivity index (χ1n) is 21.0. The average Bonchev–Trinajstić information content (AvgIpc) is 4.02. The van der Waals surface area contributed by atoms with E-state index in [1.807, 2.05) is 0 Å². The number of rotatable bonds is 6. The molecule has 0 amide bonds. The average molecular weight is 771 g/mol. The highest BCUT2D eigenvalue weighted by Gasteiger charge is 2.53. The molecule has 12 rings (SSSR count). The molecule has 0 saturated heterocycles. The minimum Gasteiger partial charge on any atom is -0.456 e. The van der Waals surface area contributed by atoms with Gasteiger partial charge in [0.2, 0.25) is 0 Å². The standard InChI is InChI=1S/C57H42N2O/c1-4-37(58(38-19-7-5-8-20-38)39-21-9-6-10-22-39)35-36-56(2,3)59-49-33-34-51-53(44-26-14-18-30-50(44)60-51)52(49)45-32-31-43-42-25-13-17-29-48(42)57(54(43)55(45)59)46-27-15-11-23-40(46)41-24-12-16-28-47(41)57/h4-36H,1-3H3/b36-35-,37-4+. The fraction of sp³-hybridized carbons (Fsp3) is 0.0877. The van der Waals surface area contributed by atoms with Crippen molar-refractivity contribution in [2.45, 2.75) is 31.7 Å². The van der Waals surface area contributed by atoms with Gasteiger partial charge in [-0.25, -0.2) is 0 Å². The molecule has 8 aromatic carbocycles. The fourth-order valence-electron chi connectivity index (χ4n) is 10.9. The molecule has 0 radical (unpaired) electrons. The van der Waals surface area contributed by atoms with Gasteiger partial charge in [-0.05, 0) is 108 Å². The van der Waals surface area contributed by atoms with Crippen LogP contribution in [-0.4, -0.2) is 4.57 Å². The molecule has 0 unspecified atom stereocenters. The van der Waals surface area contributed by atoms with Crippen molar-refractivity contribution in [3.8, 4) is 22.3 Å². The van der Waals surface area contributed by atoms with E-state index >= 15 is 0 Å². The maximum absolute atomic E-state index is 6.60. The summed E-state index contributed by atoms with van der Waals surface area (Å²) in [5.74, 6) is 0. The summed E-state index contributed by atoms with van der Waals surface area (Å²) in [5, 5.41) is 4.76. The van der Waals surface area contributed by atoms with E-state index in [1.165, 1.54) is 66.3 Å². The smallest absolute Gasteiger partial charge is 0.136 e. The van der Waals surface area contributed by atoms with E-state index in [4.69, 9.17) is 4.42 Å². The molecular formula is C57H42N2O. The Morgan fingerprint density at radius 3 is 1.70 bits per heavy atom. The lowest BCUT2D eigenvalue weighted by Gasteiger charge is -2.34. The van der Waals surface area contributed by atoms with E-state index in [2.05, 4.69) is 230 Å². The summed E-state index contributed by atoms with van der Waals surface area (Å²) in [7, 11) is 0. The number of hydrogen-bond donors (Lipinski definition) is 0. The zero-order valence-electron chi connectivity index (χ0n) is 33.9. The third-order valence-corrected chi connectivity index (χ3v) is 13.2. The van der Waals surface area contributed by atoms with Gasteiger partial charge in [0.05, 0.1) is 22.0 Å². The lowest BCUT2D eigenvalue weighted by molar-refractivity contribution is 0.483. The first-order valence-corrected chi connectivity index (χ1v) is 21.0. The Hall–Kier alpha value is -7.36. The predicted molar refractivity (Wildman–Crippen MR) is 250 cm³/mol. The van der Waals surface area contributed by atoms with Crippen molar-refractivity contribution >= 4 is 55.1 Å². The van der Waals surface area contributed by atoms with Crippen molar-refractivity contribution in [3.63, 3.8) is 0 Å². The largest absolute Gasteiger partial charge is 0.456 e. The monoisotopic (exact) mass is 770 g/mol. The van der Waals surface area contributed by atoms with Gasteiger partial charge in [-0.15, -0.1) is 0 Å². The van der Waals surface area contributed by atoms with Crippen LogP contribution in [0.3, 0.4) is 0 Å². The predicted octanol–water partition coefficient (Wildman–Crippen LogP) is 15.1. The van der Waals surface area contributed by atoms with Crippen LogP contribution < -0.4 is 4.90 Å². The molecule has 2 aromatic heterocycles. The SMILES string of the molecule is C/C=C(\C=C/C(C)(C)n1c2ccc3oc4ccccc4c3c2c2ccc3c(c21)C1(c2ccccc2-c2ccccc21)c1ccccc1-3)N(c1ccccc1)c1ccccc1. The number of anilines is 2. The maximum Gasteiger partial charge on any atom is 0.136 e. The van der Waals surface area contributed by atoms with Crippen molar-refractivity contribution < 1.29 is 4.42 Å². The molecular weight excluding hydrogens is 729 g/mol. The van der Waals surface area contributed by atoms with Crippen LogP contribution in [-0.2, 0) is 11.0 Å². The summed E-state index contributed by atoms with van der Waals surface area (Å²) in [5.41, 5.74) is 17.1. The molecule has 3 heteroatoms. The fourth-order valence-corrected chi connectivity index (χ4v) is 10.9. The number of allylic oxidation sites excluding steroid dienone is 3. The summed E-state index contributed by atoms with van der Waals surface area (Å²) in [4.78, 5) is 2.34. The minimum atomic E-state index is -0.520. The van der Waals surface area contributed by atoms with Gasteiger partial charge in [-0.2, -0.15) is 0 Å². The van der Waals surface area contributed by atoms with Crippen molar-refractivity contribution in [2.24, 2.45) is 0 Å². The zero-order valence-corrected chi connectivity index (χ0v) is 33.9. The van der Waals surface area contributed by atoms with Crippen LogP contribution in [0, 0.1) is 0 Å². The number of hydrogen-bond acceptors (Lipinski definition) is 2. The van der Waals surface area contributed by atoms with Crippen LogP contribution >= 0.6 is 0 Å². The molecule has 10 aromatic rings. The van der Waals surface area contributed by atoms with Crippen LogP contribution in [0.1, 0.15) is 43.0 Å². The van der Waals surface area contributed by atoms with Crippen molar-refractivity contribution in [2.75, 3.05) is 4.90 Å². The van der Waals surface area contributed by atoms with Crippen molar-refractivity contribution in [3.05, 3.63) is 228 Å². The lowest BCUT2D eigenvalue weighted by Crippen LogP contribution is -2.29. The number of para-hydroxylation sites is 3. The zero-order chi connectivity index (χ0) is 40.2. The van der Waals surface area contributed by atoms with E-state index in [0.29, 0.717) is 0 Å². The van der Waals surface area contributed by atoms with Crippen LogP contribution in [0.15, 0.2) is 210 Å². The molecule has 2 aliphatic rings. The first kappa shape index (κ1) is 34.7. The Morgan fingerprint density at radius 1 is 0.533 bits per heavy atom. The molecule has 0 bridgehead atoms. The molecule has 2 heterocycles. The third kappa shape index (κ3) is 4.60. The molecule has 0 N–H and O–H groups in total. The van der Waals surface area contributed by atoms with Gasteiger partial charge in [0.1, 0.15) is 11.2 Å². The maximum atomic E-state index is 6.60. The minimum absolute atomic E-state index is 0.511. The Bertz CT molecular complexity index is 3310. The Kier molecular flexibility index (Phi) is 7.40. The lowest BCUT2D eigenvalue weighted by atomic mass is 9.70. The van der Waals surface area contributed by atoms with E-state index < -0.39 is 11.0 Å². The van der Waals surface area contributed by atoms with E-state index in [1.54, 1.807) is 0 Å². The quantitative estimate of drug-likeness (QED) is 0.157. The van der Waals surface area contributed by atoms with Crippen LogP contribution in [0.5, 0.6) is 0 Å². The van der Waals surface area contributed by atoms with Gasteiger partial charge in [-0.1, -0.05) is 152 Å². The van der Waals surface area contributed by atoms with E-state index in [-0.39, 0.29) is 0 Å². The van der Waals surface area contributed by atoms with Crippen LogP contribution in [0.2, 0.25) is 0 Å². The molecule has 286 valence electrons. The highest BCUT2D eigenvalue weighted by atomic mass is 16.3. The Labute approximate surface area is 349 Å². The Balaban J connectivity index is 1.20. The second kappa shape index (κ2) is 12.8. The highest BCUT2D eigenvalue weighted by molar-refractivity contribution is 6.28. The van der Waals surface area contributed by atoms with Crippen LogP contribution in [0.4, 0.5) is 11.4 Å². The van der Waals surface area contributed by atoms with Gasteiger partial charge in [0.15, 0.2) is 0 Å². The Morgan fingerprint density at radius 2 is 1.08 bits per heavy atom. The topological polar surface area (TPSA) is 21.3 Å². The summed E-state index contributed by atoms with van der Waals surface area (Å²) < 4.78 is 9.25. The number of fused-ring (bicyclic) bond motifs is 18. The number of nitrogens with zero attached hydrogens (tertiary/aromatic N) is 2. The van der Waals surface area contributed by atoms with Gasteiger partial charge >= 0.3 is 0 Å².